The van der Waals surface area contributed by atoms with Crippen molar-refractivity contribution in [2.24, 2.45) is 0 Å². The van der Waals surface area contributed by atoms with Gasteiger partial charge in [0.2, 0.25) is 0 Å². The molecule has 0 spiro atoms. The van der Waals surface area contributed by atoms with E-state index in [2.05, 4.69) is 15.0 Å². The molecule has 2 aromatic rings. The minimum absolute atomic E-state index is 0.0330. The maximum Gasteiger partial charge on any atom is 0.262 e. The van der Waals surface area contributed by atoms with Gasteiger partial charge >= 0.3 is 0 Å². The van der Waals surface area contributed by atoms with Crippen molar-refractivity contribution in [2.75, 3.05) is 30.3 Å². The number of hydrogen-bond donors (Lipinski definition) is 2. The molecule has 0 aliphatic rings. The molecule has 2 rings (SSSR count). The number of hydrogen-bond acceptors (Lipinski definition) is 5. The molecule has 0 saturated heterocycles. The third kappa shape index (κ3) is 4.90. The summed E-state index contributed by atoms with van der Waals surface area (Å²) in [5, 5.41) is 3.11. The predicted molar refractivity (Wildman–Crippen MR) is 91.2 cm³/mol. The summed E-state index contributed by atoms with van der Waals surface area (Å²) in [7, 11) is -2.15. The van der Waals surface area contributed by atoms with Crippen LogP contribution in [0.25, 0.3) is 0 Å². The average molecular weight is 353 g/mol. The Morgan fingerprint density at radius 1 is 1.25 bits per heavy atom. The second-order valence-electron chi connectivity index (χ2n) is 5.22. The second kappa shape index (κ2) is 8.07. The highest BCUT2D eigenvalue weighted by Gasteiger charge is 2.17. The molecule has 1 aromatic carbocycles. The number of pyridine rings is 1. The summed E-state index contributed by atoms with van der Waals surface area (Å²) in [5.41, 5.74) is 0.674. The van der Waals surface area contributed by atoms with Gasteiger partial charge in [-0.25, -0.2) is 17.8 Å². The Kier molecular flexibility index (Phi) is 6.10. The zero-order valence-electron chi connectivity index (χ0n) is 13.5. The Bertz CT molecular complexity index is 780. The van der Waals surface area contributed by atoms with Crippen molar-refractivity contribution in [2.45, 2.75) is 18.2 Å². The van der Waals surface area contributed by atoms with Crippen molar-refractivity contribution < 1.29 is 17.5 Å². The molecule has 0 amide bonds. The van der Waals surface area contributed by atoms with E-state index in [0.29, 0.717) is 30.2 Å². The van der Waals surface area contributed by atoms with Crippen LogP contribution < -0.4 is 10.0 Å². The number of ether oxygens (including phenoxy) is 1. The van der Waals surface area contributed by atoms with Gasteiger partial charge in [-0.3, -0.25) is 4.72 Å². The fraction of sp³-hybridized carbons (Fsp3) is 0.312. The van der Waals surface area contributed by atoms with Crippen LogP contribution in [0.15, 0.2) is 41.4 Å². The molecule has 6 nitrogen and oxygen atoms in total. The highest BCUT2D eigenvalue weighted by Crippen LogP contribution is 2.20. The van der Waals surface area contributed by atoms with E-state index in [0.717, 1.165) is 12.5 Å². The van der Waals surface area contributed by atoms with Gasteiger partial charge in [-0.05, 0) is 49.2 Å². The number of nitrogens with zero attached hydrogens (tertiary/aromatic N) is 1. The van der Waals surface area contributed by atoms with Gasteiger partial charge in [0.25, 0.3) is 10.0 Å². The average Bonchev–Trinajstić information content (AvgIpc) is 2.52. The van der Waals surface area contributed by atoms with Crippen LogP contribution in [-0.2, 0) is 14.8 Å². The van der Waals surface area contributed by atoms with Gasteiger partial charge < -0.3 is 10.1 Å². The van der Waals surface area contributed by atoms with E-state index in [1.165, 1.54) is 18.3 Å². The molecular formula is C16H20FN3O3S. The zero-order chi connectivity index (χ0) is 17.6. The molecule has 8 heteroatoms. The number of rotatable bonds is 8. The van der Waals surface area contributed by atoms with Crippen LogP contribution in [-0.4, -0.2) is 33.7 Å². The van der Waals surface area contributed by atoms with Crippen LogP contribution in [0.4, 0.5) is 15.9 Å². The van der Waals surface area contributed by atoms with E-state index in [9.17, 15) is 12.8 Å². The highest BCUT2D eigenvalue weighted by molar-refractivity contribution is 7.92. The van der Waals surface area contributed by atoms with Crippen LogP contribution in [0.1, 0.15) is 12.0 Å². The molecule has 1 aromatic heterocycles. The van der Waals surface area contributed by atoms with Crippen molar-refractivity contribution in [3.63, 3.8) is 0 Å². The Morgan fingerprint density at radius 2 is 2.04 bits per heavy atom. The second-order valence-corrected chi connectivity index (χ2v) is 6.87. The maximum atomic E-state index is 13.1. The molecule has 0 aliphatic heterocycles. The van der Waals surface area contributed by atoms with Gasteiger partial charge in [0.1, 0.15) is 11.6 Å². The predicted octanol–water partition coefficient (Wildman–Crippen LogP) is 2.78. The lowest BCUT2D eigenvalue weighted by Gasteiger charge is -2.11. The fourth-order valence-corrected chi connectivity index (χ4v) is 3.39. The number of anilines is 2. The minimum atomic E-state index is -3.79. The molecule has 0 bridgehead atoms. The first kappa shape index (κ1) is 18.2. The van der Waals surface area contributed by atoms with Crippen LogP contribution in [0.5, 0.6) is 0 Å². The molecule has 130 valence electrons. The number of aromatic nitrogens is 1. The van der Waals surface area contributed by atoms with Gasteiger partial charge in [-0.15, -0.1) is 0 Å². The largest absolute Gasteiger partial charge is 0.385 e. The van der Waals surface area contributed by atoms with E-state index in [1.54, 1.807) is 26.2 Å². The zero-order valence-corrected chi connectivity index (χ0v) is 14.4. The Balaban J connectivity index is 2.04. The van der Waals surface area contributed by atoms with E-state index in [1.807, 2.05) is 0 Å². The lowest BCUT2D eigenvalue weighted by atomic mass is 10.2. The first-order chi connectivity index (χ1) is 11.4. The van der Waals surface area contributed by atoms with Gasteiger partial charge in [-0.1, -0.05) is 0 Å². The van der Waals surface area contributed by atoms with E-state index >= 15 is 0 Å². The van der Waals surface area contributed by atoms with Crippen molar-refractivity contribution in [1.29, 1.82) is 0 Å². The van der Waals surface area contributed by atoms with Crippen LogP contribution in [0.2, 0.25) is 0 Å². The number of benzene rings is 1. The molecule has 0 fully saturated rings. The summed E-state index contributed by atoms with van der Waals surface area (Å²) >= 11 is 0. The molecule has 0 unspecified atom stereocenters. The van der Waals surface area contributed by atoms with Crippen molar-refractivity contribution in [3.8, 4) is 0 Å². The van der Waals surface area contributed by atoms with Gasteiger partial charge in [-0.2, -0.15) is 0 Å². The summed E-state index contributed by atoms with van der Waals surface area (Å²) < 4.78 is 45.3. The lowest BCUT2D eigenvalue weighted by Crippen LogP contribution is -2.14. The number of halogens is 1. The summed E-state index contributed by atoms with van der Waals surface area (Å²) in [6.45, 7) is 2.91. The van der Waals surface area contributed by atoms with Crippen molar-refractivity contribution in [1.82, 2.24) is 4.98 Å². The molecular weight excluding hydrogens is 333 g/mol. The summed E-state index contributed by atoms with van der Waals surface area (Å²) in [6, 6.07) is 6.84. The van der Waals surface area contributed by atoms with Gasteiger partial charge in [0, 0.05) is 20.3 Å². The Labute approximate surface area is 141 Å². The first-order valence-corrected chi connectivity index (χ1v) is 8.88. The molecule has 0 aliphatic carbocycles. The Morgan fingerprint density at radius 3 is 2.67 bits per heavy atom. The third-order valence-corrected chi connectivity index (χ3v) is 4.82. The molecule has 2 N–H and O–H groups in total. The lowest BCUT2D eigenvalue weighted by molar-refractivity contribution is 0.198. The van der Waals surface area contributed by atoms with Gasteiger partial charge in [0.05, 0.1) is 16.8 Å². The SMILES string of the molecule is COCCCNc1ccc(NS(=O)(=O)c2ccc(F)cc2C)cn1. The summed E-state index contributed by atoms with van der Waals surface area (Å²) in [5.74, 6) is 0.170. The number of methoxy groups -OCH3 is 1. The monoisotopic (exact) mass is 353 g/mol. The van der Waals surface area contributed by atoms with E-state index < -0.39 is 15.8 Å². The van der Waals surface area contributed by atoms with Crippen molar-refractivity contribution >= 4 is 21.5 Å². The topological polar surface area (TPSA) is 80.3 Å². The standard InChI is InChI=1S/C16H20FN3O3S/c1-12-10-13(17)4-6-15(12)24(21,22)20-14-5-7-16(19-11-14)18-8-3-9-23-2/h4-7,10-11,20H,3,8-9H2,1-2H3,(H,18,19). The molecule has 1 heterocycles. The van der Waals surface area contributed by atoms with Crippen LogP contribution >= 0.6 is 0 Å². The van der Waals surface area contributed by atoms with E-state index in [4.69, 9.17) is 4.74 Å². The smallest absolute Gasteiger partial charge is 0.262 e. The number of sulfonamides is 1. The van der Waals surface area contributed by atoms with E-state index in [-0.39, 0.29) is 4.90 Å². The molecule has 24 heavy (non-hydrogen) atoms. The highest BCUT2D eigenvalue weighted by atomic mass is 32.2. The molecule has 0 atom stereocenters. The maximum absolute atomic E-state index is 13.1. The fourth-order valence-electron chi connectivity index (χ4n) is 2.12. The van der Waals surface area contributed by atoms with Crippen LogP contribution in [0.3, 0.4) is 0 Å². The van der Waals surface area contributed by atoms with Crippen LogP contribution in [0, 0.1) is 12.7 Å². The van der Waals surface area contributed by atoms with Crippen molar-refractivity contribution in [3.05, 3.63) is 47.9 Å². The minimum Gasteiger partial charge on any atom is -0.385 e. The molecule has 0 radical (unpaired) electrons. The van der Waals surface area contributed by atoms with Gasteiger partial charge in [0.15, 0.2) is 0 Å². The normalized spacial score (nSPS) is 11.3. The third-order valence-electron chi connectivity index (χ3n) is 3.27. The molecule has 0 saturated carbocycles. The Hall–Kier alpha value is -2.19. The number of nitrogens with one attached hydrogen (secondary N) is 2. The summed E-state index contributed by atoms with van der Waals surface area (Å²) in [4.78, 5) is 4.18. The number of aryl methyl sites for hydroxylation is 1. The first-order valence-electron chi connectivity index (χ1n) is 7.40. The quantitative estimate of drug-likeness (QED) is 0.713. The summed E-state index contributed by atoms with van der Waals surface area (Å²) in [6.07, 6.45) is 2.27.